The largest absolute Gasteiger partial charge is 0.346 e. The van der Waals surface area contributed by atoms with Gasteiger partial charge >= 0.3 is 0 Å². The van der Waals surface area contributed by atoms with Crippen LogP contribution in [0.5, 0.6) is 0 Å². The summed E-state index contributed by atoms with van der Waals surface area (Å²) < 4.78 is 0. The Balaban J connectivity index is 2.24. The summed E-state index contributed by atoms with van der Waals surface area (Å²) in [6.07, 6.45) is 2.80. The van der Waals surface area contributed by atoms with E-state index in [1.807, 2.05) is 25.8 Å². The molecular weight excluding hydrogens is 214 g/mol. The average Bonchev–Trinajstić information content (AvgIpc) is 2.58. The lowest BCUT2D eigenvalue weighted by molar-refractivity contribution is -0.131. The van der Waals surface area contributed by atoms with Crippen LogP contribution in [0.15, 0.2) is 0 Å². The number of nitrogens with two attached hydrogens (primary N) is 1. The first-order valence-corrected chi connectivity index (χ1v) is 6.49. The van der Waals surface area contributed by atoms with E-state index >= 15 is 0 Å². The number of hydrogen-bond donors (Lipinski definition) is 1. The Morgan fingerprint density at radius 2 is 2.18 bits per heavy atom. The summed E-state index contributed by atoms with van der Waals surface area (Å²) in [5.74, 6) is 0.907. The van der Waals surface area contributed by atoms with Gasteiger partial charge in [0.1, 0.15) is 0 Å². The van der Waals surface area contributed by atoms with Crippen molar-refractivity contribution < 1.29 is 4.79 Å². The summed E-state index contributed by atoms with van der Waals surface area (Å²) in [6, 6.07) is 0. The molecule has 1 atom stereocenters. The third kappa shape index (κ3) is 5.50. The molecule has 0 aromatic heterocycles. The molecule has 0 spiro atoms. The maximum absolute atomic E-state index is 11.9. The van der Waals surface area contributed by atoms with Gasteiger partial charge in [0.15, 0.2) is 0 Å². The second-order valence-electron chi connectivity index (χ2n) is 6.19. The number of hydrogen-bond acceptors (Lipinski definition) is 3. The van der Waals surface area contributed by atoms with Crippen LogP contribution in [0.25, 0.3) is 0 Å². The first-order valence-electron chi connectivity index (χ1n) is 6.49. The van der Waals surface area contributed by atoms with Crippen LogP contribution in [-0.4, -0.2) is 55.0 Å². The number of likely N-dealkylation sites (tertiary alicyclic amines) is 1. The van der Waals surface area contributed by atoms with Crippen LogP contribution in [0.1, 0.15) is 33.1 Å². The SMILES string of the molecule is CN1CCC(CCN(C)C(=O)CC(C)(C)N)C1. The highest BCUT2D eigenvalue weighted by Crippen LogP contribution is 2.18. The zero-order valence-electron chi connectivity index (χ0n) is 11.7. The predicted octanol–water partition coefficient (Wildman–Crippen LogP) is 0.914. The van der Waals surface area contributed by atoms with Gasteiger partial charge in [-0.3, -0.25) is 4.79 Å². The summed E-state index contributed by atoms with van der Waals surface area (Å²) in [4.78, 5) is 16.0. The van der Waals surface area contributed by atoms with E-state index in [0.717, 1.165) is 18.9 Å². The number of amides is 1. The van der Waals surface area contributed by atoms with Crippen LogP contribution in [0.3, 0.4) is 0 Å². The highest BCUT2D eigenvalue weighted by atomic mass is 16.2. The fraction of sp³-hybridized carbons (Fsp3) is 0.923. The lowest BCUT2D eigenvalue weighted by Crippen LogP contribution is -2.40. The van der Waals surface area contributed by atoms with E-state index in [1.54, 1.807) is 0 Å². The van der Waals surface area contributed by atoms with E-state index in [0.29, 0.717) is 6.42 Å². The van der Waals surface area contributed by atoms with Gasteiger partial charge in [-0.05, 0) is 46.2 Å². The number of carbonyl (C=O) groups excluding carboxylic acids is 1. The highest BCUT2D eigenvalue weighted by molar-refractivity contribution is 5.76. The van der Waals surface area contributed by atoms with E-state index in [4.69, 9.17) is 5.73 Å². The molecule has 1 amide bonds. The molecule has 0 aliphatic carbocycles. The predicted molar refractivity (Wildman–Crippen MR) is 70.7 cm³/mol. The van der Waals surface area contributed by atoms with Gasteiger partial charge in [-0.1, -0.05) is 0 Å². The molecule has 0 radical (unpaired) electrons. The Hall–Kier alpha value is -0.610. The van der Waals surface area contributed by atoms with Gasteiger partial charge in [-0.15, -0.1) is 0 Å². The standard InChI is InChI=1S/C13H27N3O/c1-13(2,14)9-12(17)16(4)8-6-11-5-7-15(3)10-11/h11H,5-10,14H2,1-4H3. The molecule has 1 unspecified atom stereocenters. The minimum absolute atomic E-state index is 0.156. The molecule has 17 heavy (non-hydrogen) atoms. The zero-order valence-corrected chi connectivity index (χ0v) is 11.7. The molecule has 1 fully saturated rings. The van der Waals surface area contributed by atoms with Crippen molar-refractivity contribution in [3.63, 3.8) is 0 Å². The van der Waals surface area contributed by atoms with E-state index in [1.165, 1.54) is 19.5 Å². The molecule has 1 aliphatic rings. The van der Waals surface area contributed by atoms with E-state index < -0.39 is 5.54 Å². The minimum Gasteiger partial charge on any atom is -0.346 e. The summed E-state index contributed by atoms with van der Waals surface area (Å²) in [5, 5.41) is 0. The monoisotopic (exact) mass is 241 g/mol. The Bertz CT molecular complexity index is 260. The topological polar surface area (TPSA) is 49.6 Å². The van der Waals surface area contributed by atoms with E-state index in [9.17, 15) is 4.79 Å². The second-order valence-corrected chi connectivity index (χ2v) is 6.19. The van der Waals surface area contributed by atoms with Crippen molar-refractivity contribution in [1.82, 2.24) is 9.80 Å². The van der Waals surface area contributed by atoms with Crippen LogP contribution >= 0.6 is 0 Å². The average molecular weight is 241 g/mol. The first-order chi connectivity index (χ1) is 7.78. The summed E-state index contributed by atoms with van der Waals surface area (Å²) in [5.41, 5.74) is 5.45. The molecule has 100 valence electrons. The van der Waals surface area contributed by atoms with Gasteiger partial charge in [0, 0.05) is 32.1 Å². The normalized spacial score (nSPS) is 21.8. The summed E-state index contributed by atoms with van der Waals surface area (Å²) in [7, 11) is 4.04. The summed E-state index contributed by atoms with van der Waals surface area (Å²) in [6.45, 7) is 7.01. The quantitative estimate of drug-likeness (QED) is 0.778. The molecule has 4 nitrogen and oxygen atoms in total. The van der Waals surface area contributed by atoms with Crippen LogP contribution in [0, 0.1) is 5.92 Å². The van der Waals surface area contributed by atoms with E-state index in [2.05, 4.69) is 11.9 Å². The minimum atomic E-state index is -0.404. The van der Waals surface area contributed by atoms with Gasteiger partial charge in [0.25, 0.3) is 0 Å². The molecule has 0 bridgehead atoms. The van der Waals surface area contributed by atoms with E-state index in [-0.39, 0.29) is 5.91 Å². The maximum Gasteiger partial charge on any atom is 0.224 e. The summed E-state index contributed by atoms with van der Waals surface area (Å²) >= 11 is 0. The van der Waals surface area contributed by atoms with Crippen LogP contribution in [0.2, 0.25) is 0 Å². The Labute approximate surface area is 105 Å². The third-order valence-corrected chi connectivity index (χ3v) is 3.39. The van der Waals surface area contributed by atoms with Crippen molar-refractivity contribution in [2.45, 2.75) is 38.6 Å². The number of carbonyl (C=O) groups is 1. The third-order valence-electron chi connectivity index (χ3n) is 3.39. The van der Waals surface area contributed by atoms with Crippen molar-refractivity contribution in [2.24, 2.45) is 11.7 Å². The Morgan fingerprint density at radius 3 is 2.65 bits per heavy atom. The van der Waals surface area contributed by atoms with Gasteiger partial charge in [-0.25, -0.2) is 0 Å². The van der Waals surface area contributed by atoms with Crippen LogP contribution in [-0.2, 0) is 4.79 Å². The molecule has 2 N–H and O–H groups in total. The Morgan fingerprint density at radius 1 is 1.53 bits per heavy atom. The van der Waals surface area contributed by atoms with Gasteiger partial charge < -0.3 is 15.5 Å². The van der Waals surface area contributed by atoms with Crippen molar-refractivity contribution in [1.29, 1.82) is 0 Å². The van der Waals surface area contributed by atoms with Gasteiger partial charge in [-0.2, -0.15) is 0 Å². The molecule has 1 heterocycles. The van der Waals surface area contributed by atoms with Crippen molar-refractivity contribution in [3.8, 4) is 0 Å². The second kappa shape index (κ2) is 5.83. The lowest BCUT2D eigenvalue weighted by Gasteiger charge is -2.24. The molecule has 1 aliphatic heterocycles. The molecule has 1 saturated heterocycles. The zero-order chi connectivity index (χ0) is 13.1. The Kier molecular flexibility index (Phi) is 4.95. The molecule has 4 heteroatoms. The number of nitrogens with zero attached hydrogens (tertiary/aromatic N) is 2. The lowest BCUT2D eigenvalue weighted by atomic mass is 10.0. The molecule has 0 aromatic rings. The fourth-order valence-electron chi connectivity index (χ4n) is 2.29. The fourth-order valence-corrected chi connectivity index (χ4v) is 2.29. The van der Waals surface area contributed by atoms with Crippen LogP contribution < -0.4 is 5.73 Å². The first kappa shape index (κ1) is 14.5. The van der Waals surface area contributed by atoms with Crippen LogP contribution in [0.4, 0.5) is 0 Å². The number of rotatable bonds is 5. The van der Waals surface area contributed by atoms with Crippen molar-refractivity contribution >= 4 is 5.91 Å². The molecule has 0 saturated carbocycles. The molecule has 0 aromatic carbocycles. The van der Waals surface area contributed by atoms with Crippen molar-refractivity contribution in [3.05, 3.63) is 0 Å². The van der Waals surface area contributed by atoms with Gasteiger partial charge in [0.05, 0.1) is 0 Å². The smallest absolute Gasteiger partial charge is 0.224 e. The molecule has 1 rings (SSSR count). The molecular formula is C13H27N3O. The van der Waals surface area contributed by atoms with Gasteiger partial charge in [0.2, 0.25) is 5.91 Å². The van der Waals surface area contributed by atoms with Crippen molar-refractivity contribution in [2.75, 3.05) is 33.7 Å². The maximum atomic E-state index is 11.9. The highest BCUT2D eigenvalue weighted by Gasteiger charge is 2.22.